The monoisotopic (exact) mass is 237 g/mol. The van der Waals surface area contributed by atoms with E-state index in [4.69, 9.17) is 5.11 Å². The van der Waals surface area contributed by atoms with Crippen LogP contribution in [-0.4, -0.2) is 28.1 Å². The summed E-state index contributed by atoms with van der Waals surface area (Å²) in [5, 5.41) is 13.5. The molecule has 1 aromatic heterocycles. The minimum atomic E-state index is -1.07. The minimum Gasteiger partial charge on any atom is -0.480 e. The smallest absolute Gasteiger partial charge is 0.325 e. The van der Waals surface area contributed by atoms with Crippen LogP contribution in [0.15, 0.2) is 18.5 Å². The largest absolute Gasteiger partial charge is 0.480 e. The number of carbonyl (C=O) groups excluding carboxylic acids is 1. The molecule has 6 heteroatoms. The maximum absolute atomic E-state index is 11.3. The summed E-state index contributed by atoms with van der Waals surface area (Å²) >= 11 is 0. The van der Waals surface area contributed by atoms with Gasteiger partial charge in [0.05, 0.1) is 0 Å². The number of pyridine rings is 1. The predicted octanol–water partition coefficient (Wildman–Crippen LogP) is 0.662. The second kappa shape index (κ2) is 5.83. The Balaban J connectivity index is 2.44. The summed E-state index contributed by atoms with van der Waals surface area (Å²) in [7, 11) is 0. The second-order valence-electron chi connectivity index (χ2n) is 3.69. The first-order chi connectivity index (χ1) is 8.00. The molecule has 2 amide bonds. The van der Waals surface area contributed by atoms with Gasteiger partial charge in [0.25, 0.3) is 0 Å². The number of aryl methyl sites for hydroxylation is 1. The normalized spacial score (nSPS) is 11.6. The number of carboxylic acids is 1. The molecule has 0 unspecified atom stereocenters. The zero-order valence-electron chi connectivity index (χ0n) is 9.73. The van der Waals surface area contributed by atoms with Crippen LogP contribution < -0.4 is 10.6 Å². The third kappa shape index (κ3) is 4.10. The first-order valence-electron chi connectivity index (χ1n) is 5.17. The molecule has 1 rings (SSSR count). The highest BCUT2D eigenvalue weighted by Crippen LogP contribution is 2.03. The van der Waals surface area contributed by atoms with Crippen molar-refractivity contribution in [1.82, 2.24) is 15.6 Å². The Morgan fingerprint density at radius 3 is 2.82 bits per heavy atom. The van der Waals surface area contributed by atoms with Crippen molar-refractivity contribution in [2.24, 2.45) is 0 Å². The minimum absolute atomic E-state index is 0.317. The van der Waals surface area contributed by atoms with E-state index in [9.17, 15) is 9.59 Å². The van der Waals surface area contributed by atoms with Crippen molar-refractivity contribution in [3.63, 3.8) is 0 Å². The Labute approximate surface area is 99.1 Å². The number of carboxylic acid groups (broad SMARTS) is 1. The average Bonchev–Trinajstić information content (AvgIpc) is 2.27. The van der Waals surface area contributed by atoms with Gasteiger partial charge in [-0.1, -0.05) is 0 Å². The fourth-order valence-corrected chi connectivity index (χ4v) is 1.17. The quantitative estimate of drug-likeness (QED) is 0.717. The summed E-state index contributed by atoms with van der Waals surface area (Å²) < 4.78 is 0. The van der Waals surface area contributed by atoms with Gasteiger partial charge >= 0.3 is 12.0 Å². The number of nitrogens with zero attached hydrogens (tertiary/aromatic N) is 1. The molecule has 92 valence electrons. The summed E-state index contributed by atoms with van der Waals surface area (Å²) in [6.07, 6.45) is 3.33. The summed E-state index contributed by atoms with van der Waals surface area (Å²) in [5.41, 5.74) is 1.91. The van der Waals surface area contributed by atoms with E-state index in [1.165, 1.54) is 6.92 Å². The van der Waals surface area contributed by atoms with Crippen LogP contribution in [0.1, 0.15) is 18.1 Å². The van der Waals surface area contributed by atoms with Gasteiger partial charge in [-0.05, 0) is 31.0 Å². The number of urea groups is 1. The Bertz CT molecular complexity index is 420. The molecule has 17 heavy (non-hydrogen) atoms. The molecular weight excluding hydrogens is 222 g/mol. The Morgan fingerprint density at radius 2 is 2.24 bits per heavy atom. The van der Waals surface area contributed by atoms with E-state index in [1.54, 1.807) is 12.4 Å². The maximum atomic E-state index is 11.3. The molecule has 6 nitrogen and oxygen atoms in total. The van der Waals surface area contributed by atoms with Gasteiger partial charge in [-0.15, -0.1) is 0 Å². The Morgan fingerprint density at radius 1 is 1.53 bits per heavy atom. The van der Waals surface area contributed by atoms with Crippen LogP contribution in [0.4, 0.5) is 4.79 Å². The molecule has 3 N–H and O–H groups in total. The van der Waals surface area contributed by atoms with Gasteiger partial charge in [-0.2, -0.15) is 0 Å². The predicted molar refractivity (Wildman–Crippen MR) is 61.4 cm³/mol. The van der Waals surface area contributed by atoms with Crippen LogP contribution in [0.2, 0.25) is 0 Å². The number of aromatic nitrogens is 1. The van der Waals surface area contributed by atoms with Crippen LogP contribution in [0, 0.1) is 6.92 Å². The van der Waals surface area contributed by atoms with Gasteiger partial charge in [-0.3, -0.25) is 9.78 Å². The number of amides is 2. The molecular formula is C11H15N3O3. The standard InChI is InChI=1S/C11H15N3O3/c1-7-3-4-12-5-9(7)6-13-11(17)14-8(2)10(15)16/h3-5,8H,6H2,1-2H3,(H,15,16)(H2,13,14,17)/t8-/m0/s1. The first kappa shape index (κ1) is 13.0. The number of hydrogen-bond acceptors (Lipinski definition) is 3. The van der Waals surface area contributed by atoms with Gasteiger partial charge in [0, 0.05) is 18.9 Å². The first-order valence-corrected chi connectivity index (χ1v) is 5.17. The summed E-state index contributed by atoms with van der Waals surface area (Å²) in [6.45, 7) is 3.63. The second-order valence-corrected chi connectivity index (χ2v) is 3.69. The highest BCUT2D eigenvalue weighted by atomic mass is 16.4. The van der Waals surface area contributed by atoms with Gasteiger partial charge in [0.15, 0.2) is 0 Å². The number of nitrogens with one attached hydrogen (secondary N) is 2. The van der Waals surface area contributed by atoms with Gasteiger partial charge in [0.2, 0.25) is 0 Å². The molecule has 0 fully saturated rings. The molecule has 0 aliphatic heterocycles. The number of carbonyl (C=O) groups is 2. The topological polar surface area (TPSA) is 91.3 Å². The molecule has 0 bridgehead atoms. The summed E-state index contributed by atoms with van der Waals surface area (Å²) in [4.78, 5) is 25.8. The summed E-state index contributed by atoms with van der Waals surface area (Å²) in [5.74, 6) is -1.07. The zero-order chi connectivity index (χ0) is 12.8. The van der Waals surface area contributed by atoms with Crippen LogP contribution in [0.5, 0.6) is 0 Å². The van der Waals surface area contributed by atoms with E-state index in [0.29, 0.717) is 6.54 Å². The molecule has 1 atom stereocenters. The summed E-state index contributed by atoms with van der Waals surface area (Å²) in [6, 6.07) is 0.419. The number of rotatable bonds is 4. The molecule has 0 radical (unpaired) electrons. The van der Waals surface area contributed by atoms with Crippen molar-refractivity contribution >= 4 is 12.0 Å². The van der Waals surface area contributed by atoms with Crippen molar-refractivity contribution in [2.45, 2.75) is 26.4 Å². The van der Waals surface area contributed by atoms with Crippen molar-refractivity contribution in [1.29, 1.82) is 0 Å². The van der Waals surface area contributed by atoms with Gasteiger partial charge < -0.3 is 15.7 Å². The van der Waals surface area contributed by atoms with Crippen LogP contribution in [0.25, 0.3) is 0 Å². The Kier molecular flexibility index (Phi) is 4.45. The number of hydrogen-bond donors (Lipinski definition) is 3. The molecule has 0 aliphatic rings. The van der Waals surface area contributed by atoms with Crippen LogP contribution in [-0.2, 0) is 11.3 Å². The molecule has 0 spiro atoms. The lowest BCUT2D eigenvalue weighted by Crippen LogP contribution is -2.44. The van der Waals surface area contributed by atoms with Crippen LogP contribution >= 0.6 is 0 Å². The van der Waals surface area contributed by atoms with Crippen molar-refractivity contribution in [2.75, 3.05) is 0 Å². The fraction of sp³-hybridized carbons (Fsp3) is 0.364. The SMILES string of the molecule is Cc1ccncc1CNC(=O)N[C@@H](C)C(=O)O. The Hall–Kier alpha value is -2.11. The van der Waals surface area contributed by atoms with Gasteiger partial charge in [0.1, 0.15) is 6.04 Å². The third-order valence-corrected chi connectivity index (χ3v) is 2.30. The van der Waals surface area contributed by atoms with Gasteiger partial charge in [-0.25, -0.2) is 4.79 Å². The zero-order valence-corrected chi connectivity index (χ0v) is 9.73. The molecule has 1 heterocycles. The lowest BCUT2D eigenvalue weighted by atomic mass is 10.2. The van der Waals surface area contributed by atoms with Crippen molar-refractivity contribution < 1.29 is 14.7 Å². The molecule has 0 aromatic carbocycles. The average molecular weight is 237 g/mol. The van der Waals surface area contributed by atoms with Crippen LogP contribution in [0.3, 0.4) is 0 Å². The van der Waals surface area contributed by atoms with E-state index in [2.05, 4.69) is 15.6 Å². The van der Waals surface area contributed by atoms with E-state index >= 15 is 0 Å². The van der Waals surface area contributed by atoms with E-state index in [0.717, 1.165) is 11.1 Å². The maximum Gasteiger partial charge on any atom is 0.325 e. The number of aliphatic carboxylic acids is 1. The lowest BCUT2D eigenvalue weighted by molar-refractivity contribution is -0.138. The molecule has 0 saturated heterocycles. The highest BCUT2D eigenvalue weighted by Gasteiger charge is 2.13. The lowest BCUT2D eigenvalue weighted by Gasteiger charge is -2.11. The van der Waals surface area contributed by atoms with E-state index < -0.39 is 18.0 Å². The van der Waals surface area contributed by atoms with E-state index in [1.807, 2.05) is 13.0 Å². The van der Waals surface area contributed by atoms with Crippen molar-refractivity contribution in [3.05, 3.63) is 29.6 Å². The van der Waals surface area contributed by atoms with Crippen molar-refractivity contribution in [3.8, 4) is 0 Å². The molecule has 0 saturated carbocycles. The van der Waals surface area contributed by atoms with E-state index in [-0.39, 0.29) is 0 Å². The fourth-order valence-electron chi connectivity index (χ4n) is 1.17. The third-order valence-electron chi connectivity index (χ3n) is 2.30. The highest BCUT2D eigenvalue weighted by molar-refractivity contribution is 5.82. The molecule has 0 aliphatic carbocycles. The molecule has 1 aromatic rings.